The topological polar surface area (TPSA) is 3.24 Å². The summed E-state index contributed by atoms with van der Waals surface area (Å²) in [6, 6.07) is 21.8. The summed E-state index contributed by atoms with van der Waals surface area (Å²) in [5, 5.41) is 0. The number of likely N-dealkylation sites (tertiary alicyclic amines) is 1. The van der Waals surface area contributed by atoms with Crippen molar-refractivity contribution in [2.24, 2.45) is 17.8 Å². The Morgan fingerprint density at radius 1 is 0.762 bits per heavy atom. The average molecular weight is 277 g/mol. The molecule has 4 rings (SSSR count). The molecule has 1 aliphatic heterocycles. The van der Waals surface area contributed by atoms with Crippen LogP contribution in [0.5, 0.6) is 0 Å². The Morgan fingerprint density at radius 3 is 1.95 bits per heavy atom. The van der Waals surface area contributed by atoms with Crippen molar-refractivity contribution in [1.29, 1.82) is 0 Å². The highest BCUT2D eigenvalue weighted by Gasteiger charge is 2.54. The lowest BCUT2D eigenvalue weighted by molar-refractivity contribution is 0.274. The number of nitrogens with zero attached hydrogens (tertiary/aromatic N) is 1. The van der Waals surface area contributed by atoms with Gasteiger partial charge in [-0.3, -0.25) is 4.90 Å². The Hall–Kier alpha value is -1.60. The van der Waals surface area contributed by atoms with Crippen LogP contribution in [0, 0.1) is 17.8 Å². The molecule has 0 amide bonds. The second kappa shape index (κ2) is 5.65. The maximum absolute atomic E-state index is 2.64. The Morgan fingerprint density at radius 2 is 1.33 bits per heavy atom. The standard InChI is InChI=1S/C20H23N/c1-3-7-16(8-4-1)11-12-18-19-14-21(15-20(18)19)13-17-9-5-2-6-10-17/h1-10,18-20H,11-15H2. The molecule has 2 aliphatic rings. The molecule has 0 bridgehead atoms. The van der Waals surface area contributed by atoms with Gasteiger partial charge in [-0.2, -0.15) is 0 Å². The minimum Gasteiger partial charge on any atom is -0.298 e. The highest BCUT2D eigenvalue weighted by molar-refractivity contribution is 5.17. The van der Waals surface area contributed by atoms with Gasteiger partial charge in [-0.05, 0) is 41.7 Å². The summed E-state index contributed by atoms with van der Waals surface area (Å²) in [6.07, 6.45) is 2.65. The van der Waals surface area contributed by atoms with E-state index >= 15 is 0 Å². The zero-order valence-corrected chi connectivity index (χ0v) is 12.5. The first-order valence-corrected chi connectivity index (χ1v) is 8.20. The van der Waals surface area contributed by atoms with Crippen LogP contribution in [0.25, 0.3) is 0 Å². The van der Waals surface area contributed by atoms with Crippen LogP contribution >= 0.6 is 0 Å². The average Bonchev–Trinajstić information content (AvgIpc) is 2.99. The first kappa shape index (κ1) is 13.1. The molecule has 2 unspecified atom stereocenters. The highest BCUT2D eigenvalue weighted by atomic mass is 15.2. The fraction of sp³-hybridized carbons (Fsp3) is 0.400. The van der Waals surface area contributed by atoms with Crippen molar-refractivity contribution < 1.29 is 0 Å². The van der Waals surface area contributed by atoms with Gasteiger partial charge in [-0.1, -0.05) is 60.7 Å². The summed E-state index contributed by atoms with van der Waals surface area (Å²) in [7, 11) is 0. The van der Waals surface area contributed by atoms with E-state index in [9.17, 15) is 0 Å². The molecule has 1 heteroatoms. The molecule has 0 N–H and O–H groups in total. The largest absolute Gasteiger partial charge is 0.298 e. The summed E-state index contributed by atoms with van der Waals surface area (Å²) in [6.45, 7) is 3.78. The van der Waals surface area contributed by atoms with Crippen LogP contribution in [0.4, 0.5) is 0 Å². The highest BCUT2D eigenvalue weighted by Crippen LogP contribution is 2.54. The molecular weight excluding hydrogens is 254 g/mol. The smallest absolute Gasteiger partial charge is 0.0233 e. The molecule has 108 valence electrons. The van der Waals surface area contributed by atoms with E-state index in [-0.39, 0.29) is 0 Å². The maximum Gasteiger partial charge on any atom is 0.0233 e. The summed E-state index contributed by atoms with van der Waals surface area (Å²) in [4.78, 5) is 2.64. The number of rotatable bonds is 5. The third kappa shape index (κ3) is 2.89. The molecule has 2 aromatic carbocycles. The van der Waals surface area contributed by atoms with Gasteiger partial charge < -0.3 is 0 Å². The molecule has 1 nitrogen and oxygen atoms in total. The van der Waals surface area contributed by atoms with Gasteiger partial charge in [0.1, 0.15) is 0 Å². The molecule has 1 saturated carbocycles. The molecule has 0 spiro atoms. The van der Waals surface area contributed by atoms with Crippen molar-refractivity contribution in [1.82, 2.24) is 4.90 Å². The molecule has 1 aliphatic carbocycles. The van der Waals surface area contributed by atoms with Crippen LogP contribution < -0.4 is 0 Å². The van der Waals surface area contributed by atoms with Crippen LogP contribution in [0.2, 0.25) is 0 Å². The quantitative estimate of drug-likeness (QED) is 0.798. The van der Waals surface area contributed by atoms with Crippen LogP contribution in [0.1, 0.15) is 17.5 Å². The van der Waals surface area contributed by atoms with E-state index in [0.29, 0.717) is 0 Å². The first-order valence-electron chi connectivity index (χ1n) is 8.20. The number of fused-ring (bicyclic) bond motifs is 1. The van der Waals surface area contributed by atoms with Gasteiger partial charge in [-0.15, -0.1) is 0 Å². The van der Waals surface area contributed by atoms with E-state index in [0.717, 1.165) is 24.3 Å². The van der Waals surface area contributed by atoms with E-state index in [1.807, 2.05) is 0 Å². The Balaban J connectivity index is 1.24. The molecule has 0 radical (unpaired) electrons. The molecule has 1 heterocycles. The minimum atomic E-state index is 0.984. The maximum atomic E-state index is 2.64. The van der Waals surface area contributed by atoms with E-state index < -0.39 is 0 Å². The normalized spacial score (nSPS) is 27.5. The summed E-state index contributed by atoms with van der Waals surface area (Å²) >= 11 is 0. The van der Waals surface area contributed by atoms with Crippen molar-refractivity contribution in [3.8, 4) is 0 Å². The van der Waals surface area contributed by atoms with Crippen LogP contribution in [-0.2, 0) is 13.0 Å². The number of hydrogen-bond acceptors (Lipinski definition) is 1. The fourth-order valence-corrected chi connectivity index (χ4v) is 4.11. The second-order valence-corrected chi connectivity index (χ2v) is 6.70. The van der Waals surface area contributed by atoms with Gasteiger partial charge in [0.15, 0.2) is 0 Å². The van der Waals surface area contributed by atoms with Crippen LogP contribution in [0.3, 0.4) is 0 Å². The van der Waals surface area contributed by atoms with Gasteiger partial charge in [0, 0.05) is 19.6 Å². The van der Waals surface area contributed by atoms with Crippen LogP contribution in [0.15, 0.2) is 60.7 Å². The Labute approximate surface area is 127 Å². The zero-order valence-electron chi connectivity index (χ0n) is 12.5. The molecular formula is C20H23N. The van der Waals surface area contributed by atoms with Gasteiger partial charge in [0.05, 0.1) is 0 Å². The summed E-state index contributed by atoms with van der Waals surface area (Å²) in [5.74, 6) is 2.96. The lowest BCUT2D eigenvalue weighted by Gasteiger charge is -2.19. The van der Waals surface area contributed by atoms with E-state index in [4.69, 9.17) is 0 Å². The molecule has 1 saturated heterocycles. The number of benzene rings is 2. The third-order valence-electron chi connectivity index (χ3n) is 5.31. The molecule has 21 heavy (non-hydrogen) atoms. The van der Waals surface area contributed by atoms with Crippen molar-refractivity contribution in [2.75, 3.05) is 13.1 Å². The van der Waals surface area contributed by atoms with Gasteiger partial charge in [0.2, 0.25) is 0 Å². The van der Waals surface area contributed by atoms with E-state index in [1.165, 1.54) is 37.1 Å². The lowest BCUT2D eigenvalue weighted by atomic mass is 10.1. The van der Waals surface area contributed by atoms with Crippen molar-refractivity contribution >= 4 is 0 Å². The van der Waals surface area contributed by atoms with E-state index in [1.54, 1.807) is 0 Å². The predicted octanol–water partition coefficient (Wildman–Crippen LogP) is 4.00. The number of aryl methyl sites for hydroxylation is 1. The van der Waals surface area contributed by atoms with Crippen LogP contribution in [-0.4, -0.2) is 18.0 Å². The van der Waals surface area contributed by atoms with Gasteiger partial charge in [0.25, 0.3) is 0 Å². The molecule has 2 aromatic rings. The predicted molar refractivity (Wildman–Crippen MR) is 87.0 cm³/mol. The molecule has 0 aromatic heterocycles. The summed E-state index contributed by atoms with van der Waals surface area (Å²) < 4.78 is 0. The molecule has 2 fully saturated rings. The van der Waals surface area contributed by atoms with E-state index in [2.05, 4.69) is 65.6 Å². The first-order chi connectivity index (χ1) is 10.4. The fourth-order valence-electron chi connectivity index (χ4n) is 4.11. The van der Waals surface area contributed by atoms with Gasteiger partial charge in [-0.25, -0.2) is 0 Å². The Bertz CT molecular complexity index is 565. The van der Waals surface area contributed by atoms with Crippen molar-refractivity contribution in [3.05, 3.63) is 71.8 Å². The SMILES string of the molecule is c1ccc(CCC2C3CN(Cc4ccccc4)CC23)cc1. The van der Waals surface area contributed by atoms with Gasteiger partial charge >= 0.3 is 0 Å². The summed E-state index contributed by atoms with van der Waals surface area (Å²) in [5.41, 5.74) is 2.96. The second-order valence-electron chi connectivity index (χ2n) is 6.70. The molecule has 2 atom stereocenters. The number of piperidine rings is 1. The Kier molecular flexibility index (Phi) is 3.52. The van der Waals surface area contributed by atoms with Crippen molar-refractivity contribution in [3.63, 3.8) is 0 Å². The monoisotopic (exact) mass is 277 g/mol. The zero-order chi connectivity index (χ0) is 14.1. The lowest BCUT2D eigenvalue weighted by Crippen LogP contribution is -2.24. The number of hydrogen-bond donors (Lipinski definition) is 0. The third-order valence-corrected chi connectivity index (χ3v) is 5.31. The minimum absolute atomic E-state index is 0.984. The van der Waals surface area contributed by atoms with Crippen molar-refractivity contribution in [2.45, 2.75) is 19.4 Å².